The molecule has 1 heterocycles. The van der Waals surface area contributed by atoms with Crippen molar-refractivity contribution in [2.24, 2.45) is 5.92 Å². The smallest absolute Gasteiger partial charge is 0.119 e. The quantitative estimate of drug-likeness (QED) is 0.644. The SMILES string of the molecule is CCCCOc1ccc(C2NNC(CNCC)C2C)cc1. The van der Waals surface area contributed by atoms with Crippen LogP contribution in [0.1, 0.15) is 45.2 Å². The van der Waals surface area contributed by atoms with Crippen LogP contribution in [0.3, 0.4) is 0 Å². The Morgan fingerprint density at radius 1 is 1.14 bits per heavy atom. The first-order valence-electron chi connectivity index (χ1n) is 8.20. The molecule has 0 saturated carbocycles. The summed E-state index contributed by atoms with van der Waals surface area (Å²) in [4.78, 5) is 0. The van der Waals surface area contributed by atoms with Crippen molar-refractivity contribution in [1.82, 2.24) is 16.2 Å². The maximum Gasteiger partial charge on any atom is 0.119 e. The van der Waals surface area contributed by atoms with Crippen molar-refractivity contribution in [1.29, 1.82) is 0 Å². The van der Waals surface area contributed by atoms with E-state index in [1.54, 1.807) is 0 Å². The summed E-state index contributed by atoms with van der Waals surface area (Å²) in [6.45, 7) is 9.43. The molecule has 1 aromatic rings. The Balaban J connectivity index is 1.90. The van der Waals surface area contributed by atoms with Crippen LogP contribution in [0, 0.1) is 5.92 Å². The van der Waals surface area contributed by atoms with E-state index in [-0.39, 0.29) is 0 Å². The van der Waals surface area contributed by atoms with E-state index in [4.69, 9.17) is 4.74 Å². The van der Waals surface area contributed by atoms with E-state index >= 15 is 0 Å². The van der Waals surface area contributed by atoms with Gasteiger partial charge in [0.05, 0.1) is 12.6 Å². The van der Waals surface area contributed by atoms with Gasteiger partial charge in [-0.25, -0.2) is 5.43 Å². The van der Waals surface area contributed by atoms with Gasteiger partial charge >= 0.3 is 0 Å². The summed E-state index contributed by atoms with van der Waals surface area (Å²) in [5.41, 5.74) is 8.14. The predicted octanol–water partition coefficient (Wildman–Crippen LogP) is 2.63. The van der Waals surface area contributed by atoms with Crippen molar-refractivity contribution >= 4 is 0 Å². The molecule has 1 aliphatic heterocycles. The fourth-order valence-electron chi connectivity index (χ4n) is 2.72. The van der Waals surface area contributed by atoms with Gasteiger partial charge in [0.2, 0.25) is 0 Å². The average Bonchev–Trinajstić information content (AvgIpc) is 2.87. The minimum atomic E-state index is 0.360. The van der Waals surface area contributed by atoms with E-state index in [0.29, 0.717) is 18.0 Å². The zero-order valence-corrected chi connectivity index (χ0v) is 13.5. The number of hydrazine groups is 1. The van der Waals surface area contributed by atoms with Gasteiger partial charge in [0.1, 0.15) is 5.75 Å². The Bertz CT molecular complexity index is 407. The first kappa shape index (κ1) is 16.3. The fraction of sp³-hybridized carbons (Fsp3) is 0.647. The van der Waals surface area contributed by atoms with E-state index < -0.39 is 0 Å². The maximum absolute atomic E-state index is 5.72. The highest BCUT2D eigenvalue weighted by molar-refractivity contribution is 5.30. The second-order valence-electron chi connectivity index (χ2n) is 5.81. The topological polar surface area (TPSA) is 45.3 Å². The normalized spacial score (nSPS) is 25.2. The van der Waals surface area contributed by atoms with Gasteiger partial charge in [-0.05, 0) is 36.6 Å². The van der Waals surface area contributed by atoms with Crippen molar-refractivity contribution in [2.45, 2.75) is 45.7 Å². The summed E-state index contributed by atoms with van der Waals surface area (Å²) >= 11 is 0. The highest BCUT2D eigenvalue weighted by atomic mass is 16.5. The van der Waals surface area contributed by atoms with E-state index in [1.165, 1.54) is 12.0 Å². The molecule has 1 saturated heterocycles. The van der Waals surface area contributed by atoms with Gasteiger partial charge < -0.3 is 10.1 Å². The summed E-state index contributed by atoms with van der Waals surface area (Å²) in [6.07, 6.45) is 2.28. The minimum absolute atomic E-state index is 0.360. The molecule has 0 aromatic heterocycles. The third kappa shape index (κ3) is 4.43. The highest BCUT2D eigenvalue weighted by Gasteiger charge is 2.32. The van der Waals surface area contributed by atoms with Crippen LogP contribution in [0.2, 0.25) is 0 Å². The van der Waals surface area contributed by atoms with Gasteiger partial charge in [0.25, 0.3) is 0 Å². The van der Waals surface area contributed by atoms with Crippen LogP contribution in [0.15, 0.2) is 24.3 Å². The molecule has 3 atom stereocenters. The van der Waals surface area contributed by atoms with Crippen molar-refractivity contribution < 1.29 is 4.74 Å². The molecule has 3 N–H and O–H groups in total. The van der Waals surface area contributed by atoms with Gasteiger partial charge in [-0.2, -0.15) is 0 Å². The lowest BCUT2D eigenvalue weighted by molar-refractivity contribution is 0.309. The summed E-state index contributed by atoms with van der Waals surface area (Å²) in [7, 11) is 0. The van der Waals surface area contributed by atoms with Crippen LogP contribution in [-0.2, 0) is 0 Å². The maximum atomic E-state index is 5.72. The second-order valence-corrected chi connectivity index (χ2v) is 5.81. The highest BCUT2D eigenvalue weighted by Crippen LogP contribution is 2.29. The van der Waals surface area contributed by atoms with Crippen LogP contribution in [0.5, 0.6) is 5.75 Å². The number of rotatable bonds is 8. The lowest BCUT2D eigenvalue weighted by Gasteiger charge is -2.19. The molecule has 2 rings (SSSR count). The largest absolute Gasteiger partial charge is 0.494 e. The average molecular weight is 291 g/mol. The van der Waals surface area contributed by atoms with Crippen LogP contribution >= 0.6 is 0 Å². The molecule has 0 amide bonds. The van der Waals surface area contributed by atoms with Crippen molar-refractivity contribution in [3.63, 3.8) is 0 Å². The van der Waals surface area contributed by atoms with Gasteiger partial charge in [0.15, 0.2) is 0 Å². The Morgan fingerprint density at radius 3 is 2.57 bits per heavy atom. The number of nitrogens with one attached hydrogen (secondary N) is 3. The summed E-state index contributed by atoms with van der Waals surface area (Å²) < 4.78 is 5.72. The first-order chi connectivity index (χ1) is 10.3. The van der Waals surface area contributed by atoms with Gasteiger partial charge in [-0.3, -0.25) is 5.43 Å². The second kappa shape index (κ2) is 8.37. The van der Waals surface area contributed by atoms with Crippen LogP contribution in [0.4, 0.5) is 0 Å². The fourth-order valence-corrected chi connectivity index (χ4v) is 2.72. The summed E-state index contributed by atoms with van der Waals surface area (Å²) in [5.74, 6) is 1.52. The van der Waals surface area contributed by atoms with Crippen molar-refractivity contribution in [3.8, 4) is 5.75 Å². The Morgan fingerprint density at radius 2 is 1.90 bits per heavy atom. The van der Waals surface area contributed by atoms with Crippen LogP contribution in [-0.4, -0.2) is 25.7 Å². The van der Waals surface area contributed by atoms with Crippen LogP contribution in [0.25, 0.3) is 0 Å². The molecular weight excluding hydrogens is 262 g/mol. The Kier molecular flexibility index (Phi) is 6.49. The summed E-state index contributed by atoms with van der Waals surface area (Å²) in [6, 6.07) is 9.34. The predicted molar refractivity (Wildman–Crippen MR) is 87.4 cm³/mol. The van der Waals surface area contributed by atoms with E-state index in [2.05, 4.69) is 61.2 Å². The lowest BCUT2D eigenvalue weighted by Crippen LogP contribution is -2.39. The first-order valence-corrected chi connectivity index (χ1v) is 8.20. The number of benzene rings is 1. The Labute approximate surface area is 128 Å². The molecule has 0 spiro atoms. The molecule has 118 valence electrons. The molecule has 4 nitrogen and oxygen atoms in total. The molecule has 0 aliphatic carbocycles. The van der Waals surface area contributed by atoms with Gasteiger partial charge in [0, 0.05) is 12.6 Å². The molecule has 3 unspecified atom stereocenters. The number of hydrogen-bond acceptors (Lipinski definition) is 4. The molecule has 1 aromatic carbocycles. The van der Waals surface area contributed by atoms with E-state index in [1.807, 2.05) is 0 Å². The van der Waals surface area contributed by atoms with Crippen molar-refractivity contribution in [3.05, 3.63) is 29.8 Å². The molecular formula is C17H29N3O. The molecule has 1 aliphatic rings. The lowest BCUT2D eigenvalue weighted by atomic mass is 9.91. The summed E-state index contributed by atoms with van der Waals surface area (Å²) in [5, 5.41) is 3.41. The number of likely N-dealkylation sites (N-methyl/N-ethyl adjacent to an activating group) is 1. The van der Waals surface area contributed by atoms with Crippen molar-refractivity contribution in [2.75, 3.05) is 19.7 Å². The number of ether oxygens (including phenoxy) is 1. The van der Waals surface area contributed by atoms with Gasteiger partial charge in [-0.1, -0.05) is 39.3 Å². The van der Waals surface area contributed by atoms with E-state index in [0.717, 1.165) is 31.9 Å². The zero-order chi connectivity index (χ0) is 15.1. The standard InChI is InChI=1S/C17H29N3O/c1-4-6-11-21-15-9-7-14(8-10-15)17-13(3)16(19-20-17)12-18-5-2/h7-10,13,16-20H,4-6,11-12H2,1-3H3. The van der Waals surface area contributed by atoms with Gasteiger partial charge in [-0.15, -0.1) is 0 Å². The van der Waals surface area contributed by atoms with E-state index in [9.17, 15) is 0 Å². The molecule has 0 bridgehead atoms. The Hall–Kier alpha value is -1.10. The molecule has 1 fully saturated rings. The molecule has 0 radical (unpaired) electrons. The number of unbranched alkanes of at least 4 members (excludes halogenated alkanes) is 1. The monoisotopic (exact) mass is 291 g/mol. The zero-order valence-electron chi connectivity index (χ0n) is 13.5. The molecule has 4 heteroatoms. The third-order valence-electron chi connectivity index (χ3n) is 4.20. The molecule has 21 heavy (non-hydrogen) atoms. The third-order valence-corrected chi connectivity index (χ3v) is 4.20. The minimum Gasteiger partial charge on any atom is -0.494 e. The number of hydrogen-bond donors (Lipinski definition) is 3. The van der Waals surface area contributed by atoms with Crippen LogP contribution < -0.4 is 20.9 Å².